The number of hydrogen-bond acceptors (Lipinski definition) is 1. The zero-order chi connectivity index (χ0) is 12.7. The van der Waals surface area contributed by atoms with Crippen LogP contribution in [0.2, 0.25) is 0 Å². The molecular formula is C16H15FO. The lowest BCUT2D eigenvalue weighted by Gasteiger charge is -2.16. The Hall–Kier alpha value is -1.83. The minimum atomic E-state index is -0.165. The van der Waals surface area contributed by atoms with Gasteiger partial charge in [-0.2, -0.15) is 0 Å². The molecule has 1 aliphatic heterocycles. The molecule has 0 radical (unpaired) electrons. The summed E-state index contributed by atoms with van der Waals surface area (Å²) in [7, 11) is 0. The fourth-order valence-corrected chi connectivity index (χ4v) is 2.57. The van der Waals surface area contributed by atoms with Gasteiger partial charge in [-0.05, 0) is 36.2 Å². The van der Waals surface area contributed by atoms with Gasteiger partial charge in [0.05, 0.1) is 0 Å². The molecule has 2 aromatic rings. The van der Waals surface area contributed by atoms with E-state index >= 15 is 0 Å². The molecular weight excluding hydrogens is 227 g/mol. The highest BCUT2D eigenvalue weighted by Crippen LogP contribution is 2.45. The number of halogens is 1. The Morgan fingerprint density at radius 3 is 2.61 bits per heavy atom. The molecule has 2 atom stereocenters. The molecule has 1 aliphatic rings. The zero-order valence-corrected chi connectivity index (χ0v) is 10.5. The van der Waals surface area contributed by atoms with Crippen LogP contribution in [0, 0.1) is 12.7 Å². The van der Waals surface area contributed by atoms with Gasteiger partial charge >= 0.3 is 0 Å². The first-order chi connectivity index (χ1) is 8.66. The van der Waals surface area contributed by atoms with Crippen LogP contribution in [0.1, 0.15) is 35.6 Å². The largest absolute Gasteiger partial charge is 0.485 e. The van der Waals surface area contributed by atoms with Crippen LogP contribution >= 0.6 is 0 Å². The van der Waals surface area contributed by atoms with Crippen LogP contribution in [0.3, 0.4) is 0 Å². The number of aryl methyl sites for hydroxylation is 1. The number of benzene rings is 2. The topological polar surface area (TPSA) is 9.23 Å². The van der Waals surface area contributed by atoms with Crippen molar-refractivity contribution < 1.29 is 9.13 Å². The Kier molecular flexibility index (Phi) is 2.58. The Morgan fingerprint density at radius 2 is 1.89 bits per heavy atom. The van der Waals surface area contributed by atoms with E-state index in [0.717, 1.165) is 11.3 Å². The minimum Gasteiger partial charge on any atom is -0.485 e. The Labute approximate surface area is 106 Å². The first-order valence-electron chi connectivity index (χ1n) is 6.18. The second-order valence-corrected chi connectivity index (χ2v) is 4.87. The summed E-state index contributed by atoms with van der Waals surface area (Å²) in [5.74, 6) is 1.07. The number of hydrogen-bond donors (Lipinski definition) is 0. The molecule has 0 fully saturated rings. The maximum Gasteiger partial charge on any atom is 0.130 e. The van der Waals surface area contributed by atoms with Crippen LogP contribution in [0.5, 0.6) is 5.75 Å². The third-order valence-corrected chi connectivity index (χ3v) is 3.63. The van der Waals surface area contributed by atoms with Crippen LogP contribution in [0.4, 0.5) is 4.39 Å². The maximum absolute atomic E-state index is 13.3. The van der Waals surface area contributed by atoms with Crippen molar-refractivity contribution in [1.82, 2.24) is 0 Å². The predicted molar refractivity (Wildman–Crippen MR) is 69.4 cm³/mol. The van der Waals surface area contributed by atoms with Gasteiger partial charge in [0, 0.05) is 11.5 Å². The van der Waals surface area contributed by atoms with Crippen LogP contribution in [0.25, 0.3) is 0 Å². The van der Waals surface area contributed by atoms with Gasteiger partial charge in [0.1, 0.15) is 17.7 Å². The molecule has 0 saturated heterocycles. The van der Waals surface area contributed by atoms with Crippen molar-refractivity contribution in [2.24, 2.45) is 0 Å². The van der Waals surface area contributed by atoms with Crippen molar-refractivity contribution in [2.45, 2.75) is 25.9 Å². The highest BCUT2D eigenvalue weighted by molar-refractivity contribution is 5.43. The monoisotopic (exact) mass is 242 g/mol. The number of rotatable bonds is 1. The third-order valence-electron chi connectivity index (χ3n) is 3.63. The van der Waals surface area contributed by atoms with Gasteiger partial charge in [0.15, 0.2) is 0 Å². The highest BCUT2D eigenvalue weighted by Gasteiger charge is 2.31. The summed E-state index contributed by atoms with van der Waals surface area (Å²) in [5.41, 5.74) is 2.93. The second kappa shape index (κ2) is 4.13. The molecule has 92 valence electrons. The molecule has 0 bridgehead atoms. The van der Waals surface area contributed by atoms with E-state index < -0.39 is 0 Å². The van der Waals surface area contributed by atoms with E-state index in [1.165, 1.54) is 11.6 Å². The smallest absolute Gasteiger partial charge is 0.130 e. The minimum absolute atomic E-state index is 0.0123. The molecule has 1 heterocycles. The molecule has 0 spiro atoms. The third kappa shape index (κ3) is 1.69. The lowest BCUT2D eigenvalue weighted by molar-refractivity contribution is 0.216. The van der Waals surface area contributed by atoms with Crippen molar-refractivity contribution in [3.63, 3.8) is 0 Å². The predicted octanol–water partition coefficient (Wildman–Crippen LogP) is 4.37. The Balaban J connectivity index is 1.98. The summed E-state index contributed by atoms with van der Waals surface area (Å²) in [6, 6.07) is 13.3. The molecule has 0 aliphatic carbocycles. The van der Waals surface area contributed by atoms with E-state index in [9.17, 15) is 4.39 Å². The standard InChI is InChI=1S/C16H15FO/c1-10-9-12(7-8-14(10)17)16-11(2)13-5-3-4-6-15(13)18-16/h3-9,11,16H,1-2H3. The maximum atomic E-state index is 13.3. The van der Waals surface area contributed by atoms with E-state index in [4.69, 9.17) is 4.74 Å². The van der Waals surface area contributed by atoms with E-state index in [0.29, 0.717) is 11.5 Å². The van der Waals surface area contributed by atoms with E-state index in [1.807, 2.05) is 30.3 Å². The molecule has 0 saturated carbocycles. The summed E-state index contributed by atoms with van der Waals surface area (Å²) in [5, 5.41) is 0. The van der Waals surface area contributed by atoms with Crippen LogP contribution in [-0.4, -0.2) is 0 Å². The van der Waals surface area contributed by atoms with Gasteiger partial charge in [-0.3, -0.25) is 0 Å². The van der Waals surface area contributed by atoms with Crippen molar-refractivity contribution in [3.8, 4) is 5.75 Å². The summed E-state index contributed by atoms with van der Waals surface area (Å²) < 4.78 is 19.3. The molecule has 1 nitrogen and oxygen atoms in total. The number of ether oxygens (including phenoxy) is 1. The lowest BCUT2D eigenvalue weighted by atomic mass is 9.92. The summed E-state index contributed by atoms with van der Waals surface area (Å²) in [6.07, 6.45) is -0.0123. The average molecular weight is 242 g/mol. The number of para-hydroxylation sites is 1. The molecule has 18 heavy (non-hydrogen) atoms. The lowest BCUT2D eigenvalue weighted by Crippen LogP contribution is -2.07. The van der Waals surface area contributed by atoms with E-state index in [1.54, 1.807) is 6.92 Å². The zero-order valence-electron chi connectivity index (χ0n) is 10.5. The van der Waals surface area contributed by atoms with Crippen LogP contribution < -0.4 is 4.74 Å². The SMILES string of the molecule is Cc1cc(C2Oc3ccccc3C2C)ccc1F. The highest BCUT2D eigenvalue weighted by atomic mass is 19.1. The van der Waals surface area contributed by atoms with E-state index in [2.05, 4.69) is 13.0 Å². The van der Waals surface area contributed by atoms with Gasteiger partial charge in [-0.15, -0.1) is 0 Å². The van der Waals surface area contributed by atoms with Crippen molar-refractivity contribution in [2.75, 3.05) is 0 Å². The van der Waals surface area contributed by atoms with Crippen molar-refractivity contribution in [1.29, 1.82) is 0 Å². The van der Waals surface area contributed by atoms with Gasteiger partial charge < -0.3 is 4.74 Å². The molecule has 0 N–H and O–H groups in total. The number of fused-ring (bicyclic) bond motifs is 1. The van der Waals surface area contributed by atoms with Gasteiger partial charge in [-0.1, -0.05) is 31.2 Å². The van der Waals surface area contributed by atoms with E-state index in [-0.39, 0.29) is 11.9 Å². The second-order valence-electron chi connectivity index (χ2n) is 4.87. The van der Waals surface area contributed by atoms with Crippen LogP contribution in [0.15, 0.2) is 42.5 Å². The molecule has 2 unspecified atom stereocenters. The van der Waals surface area contributed by atoms with Gasteiger partial charge in [0.25, 0.3) is 0 Å². The summed E-state index contributed by atoms with van der Waals surface area (Å²) in [4.78, 5) is 0. The summed E-state index contributed by atoms with van der Waals surface area (Å²) in [6.45, 7) is 3.93. The molecule has 0 aromatic heterocycles. The van der Waals surface area contributed by atoms with Gasteiger partial charge in [0.2, 0.25) is 0 Å². The summed E-state index contributed by atoms with van der Waals surface area (Å²) >= 11 is 0. The van der Waals surface area contributed by atoms with Crippen molar-refractivity contribution >= 4 is 0 Å². The van der Waals surface area contributed by atoms with Gasteiger partial charge in [-0.25, -0.2) is 4.39 Å². The first-order valence-corrected chi connectivity index (χ1v) is 6.18. The molecule has 2 aromatic carbocycles. The normalized spacial score (nSPS) is 21.5. The Bertz CT molecular complexity index is 591. The fourth-order valence-electron chi connectivity index (χ4n) is 2.57. The van der Waals surface area contributed by atoms with Crippen LogP contribution in [-0.2, 0) is 0 Å². The fraction of sp³-hybridized carbons (Fsp3) is 0.250. The molecule has 0 amide bonds. The molecule has 3 rings (SSSR count). The molecule has 2 heteroatoms. The van der Waals surface area contributed by atoms with Crippen molar-refractivity contribution in [3.05, 3.63) is 65.0 Å². The quantitative estimate of drug-likeness (QED) is 0.721. The average Bonchev–Trinajstić information content (AvgIpc) is 2.71. The first kappa shape index (κ1) is 11.3. The Morgan fingerprint density at radius 1 is 1.11 bits per heavy atom.